The molecular weight excluding hydrogens is 370 g/mol. The number of piperazine rings is 1. The summed E-state index contributed by atoms with van der Waals surface area (Å²) >= 11 is 5.88. The van der Waals surface area contributed by atoms with E-state index < -0.39 is 4.92 Å². The number of nitrogens with one attached hydrogen (secondary N) is 1. The highest BCUT2D eigenvalue weighted by Crippen LogP contribution is 2.31. The lowest BCUT2D eigenvalue weighted by Gasteiger charge is -2.36. The van der Waals surface area contributed by atoms with E-state index in [1.54, 1.807) is 17.0 Å². The zero-order chi connectivity index (χ0) is 20.1. The van der Waals surface area contributed by atoms with Crippen molar-refractivity contribution in [3.05, 3.63) is 33.3 Å². The van der Waals surface area contributed by atoms with Crippen LogP contribution in [0.15, 0.2) is 18.2 Å². The normalized spacial score (nSPS) is 16.0. The Balaban J connectivity index is 1.94. The van der Waals surface area contributed by atoms with Gasteiger partial charge in [-0.2, -0.15) is 0 Å². The smallest absolute Gasteiger partial charge is 0.317 e. The van der Waals surface area contributed by atoms with E-state index in [1.165, 1.54) is 6.07 Å². The van der Waals surface area contributed by atoms with Gasteiger partial charge in [0.15, 0.2) is 0 Å². The summed E-state index contributed by atoms with van der Waals surface area (Å²) in [5.41, 5.74) is 0.531. The summed E-state index contributed by atoms with van der Waals surface area (Å²) in [5.74, 6) is 0.433. The van der Waals surface area contributed by atoms with Crippen LogP contribution in [0.5, 0.6) is 0 Å². The summed E-state index contributed by atoms with van der Waals surface area (Å²) in [6, 6.07) is 4.86. The number of halogens is 1. The molecule has 0 unspecified atom stereocenters. The molecule has 1 aromatic carbocycles. The molecule has 0 bridgehead atoms. The summed E-state index contributed by atoms with van der Waals surface area (Å²) in [5, 5.41) is 14.6. The van der Waals surface area contributed by atoms with Crippen LogP contribution in [0.3, 0.4) is 0 Å². The number of nitro benzene ring substituents is 1. The number of carbonyl (C=O) groups is 1. The first kappa shape index (κ1) is 21.2. The maximum atomic E-state index is 12.5. The second kappa shape index (κ2) is 9.23. The minimum atomic E-state index is -0.423. The lowest BCUT2D eigenvalue weighted by Crippen LogP contribution is -2.54. The van der Waals surface area contributed by atoms with Crippen molar-refractivity contribution < 1.29 is 9.72 Å². The third-order valence-electron chi connectivity index (χ3n) is 4.94. The predicted octanol–water partition coefficient (Wildman–Crippen LogP) is 2.67. The van der Waals surface area contributed by atoms with Gasteiger partial charge in [-0.05, 0) is 32.1 Å². The summed E-state index contributed by atoms with van der Waals surface area (Å²) in [7, 11) is 4.02. The first-order chi connectivity index (χ1) is 12.7. The Labute approximate surface area is 165 Å². The van der Waals surface area contributed by atoms with E-state index in [-0.39, 0.29) is 17.8 Å². The van der Waals surface area contributed by atoms with Gasteiger partial charge >= 0.3 is 6.03 Å². The highest BCUT2D eigenvalue weighted by Gasteiger charge is 2.26. The van der Waals surface area contributed by atoms with Crippen LogP contribution in [-0.4, -0.2) is 73.6 Å². The third kappa shape index (κ3) is 5.46. The Morgan fingerprint density at radius 1 is 1.30 bits per heavy atom. The molecule has 2 amide bonds. The Kier molecular flexibility index (Phi) is 7.26. The quantitative estimate of drug-likeness (QED) is 0.589. The molecule has 0 saturated carbocycles. The molecule has 150 valence electrons. The second-order valence-electron chi connectivity index (χ2n) is 7.33. The minimum absolute atomic E-state index is 0.00819. The lowest BCUT2D eigenvalue weighted by atomic mass is 10.0. The average Bonchev–Trinajstić information content (AvgIpc) is 2.61. The molecule has 1 fully saturated rings. The largest absolute Gasteiger partial charge is 0.362 e. The highest BCUT2D eigenvalue weighted by molar-refractivity contribution is 6.30. The fourth-order valence-electron chi connectivity index (χ4n) is 3.38. The second-order valence-corrected chi connectivity index (χ2v) is 7.76. The molecule has 8 nitrogen and oxygen atoms in total. The number of nitrogens with zero attached hydrogens (tertiary/aromatic N) is 4. The van der Waals surface area contributed by atoms with Crippen molar-refractivity contribution >= 4 is 29.0 Å². The third-order valence-corrected chi connectivity index (χ3v) is 5.17. The fraction of sp³-hybridized carbons (Fsp3) is 0.611. The van der Waals surface area contributed by atoms with E-state index in [9.17, 15) is 14.9 Å². The maximum absolute atomic E-state index is 12.5. The molecule has 0 spiro atoms. The molecule has 1 aliphatic rings. The molecular formula is C18H28ClN5O3. The van der Waals surface area contributed by atoms with Crippen LogP contribution in [0.2, 0.25) is 5.02 Å². The van der Waals surface area contributed by atoms with Crippen molar-refractivity contribution in [2.24, 2.45) is 5.92 Å². The van der Waals surface area contributed by atoms with Gasteiger partial charge in [-0.1, -0.05) is 25.4 Å². The first-order valence-corrected chi connectivity index (χ1v) is 9.46. The summed E-state index contributed by atoms with van der Waals surface area (Å²) < 4.78 is 0. The van der Waals surface area contributed by atoms with E-state index in [2.05, 4.69) is 24.1 Å². The Bertz CT molecular complexity index is 667. The molecule has 9 heteroatoms. The number of likely N-dealkylation sites (N-methyl/N-ethyl adjacent to an activating group) is 1. The van der Waals surface area contributed by atoms with Crippen molar-refractivity contribution in [2.75, 3.05) is 51.7 Å². The van der Waals surface area contributed by atoms with E-state index in [0.717, 1.165) is 0 Å². The van der Waals surface area contributed by atoms with Crippen molar-refractivity contribution in [1.82, 2.24) is 15.1 Å². The average molecular weight is 398 g/mol. The first-order valence-electron chi connectivity index (χ1n) is 9.08. The minimum Gasteiger partial charge on any atom is -0.362 e. The zero-order valence-corrected chi connectivity index (χ0v) is 17.1. The van der Waals surface area contributed by atoms with E-state index in [0.29, 0.717) is 49.4 Å². The Morgan fingerprint density at radius 2 is 1.93 bits per heavy atom. The topological polar surface area (TPSA) is 82.0 Å². The number of hydrogen-bond donors (Lipinski definition) is 1. The zero-order valence-electron chi connectivity index (χ0n) is 16.3. The van der Waals surface area contributed by atoms with Gasteiger partial charge in [0, 0.05) is 49.9 Å². The number of nitro groups is 1. The van der Waals surface area contributed by atoms with Gasteiger partial charge in [0.2, 0.25) is 0 Å². The molecule has 27 heavy (non-hydrogen) atoms. The van der Waals surface area contributed by atoms with Crippen molar-refractivity contribution in [1.29, 1.82) is 0 Å². The standard InChI is InChI=1S/C18H28ClN5O3/c1-13(2)17(21(3)4)12-20-18(25)23-9-7-22(8-10-23)15-6-5-14(19)11-16(15)24(26)27/h5-6,11,13,17H,7-10,12H2,1-4H3,(H,20,25)/t17-/m1/s1. The van der Waals surface area contributed by atoms with Crippen LogP contribution in [0.25, 0.3) is 0 Å². The monoisotopic (exact) mass is 397 g/mol. The number of amides is 2. The van der Waals surface area contributed by atoms with Gasteiger partial charge < -0.3 is 20.0 Å². The van der Waals surface area contributed by atoms with Crippen LogP contribution in [0.4, 0.5) is 16.2 Å². The van der Waals surface area contributed by atoms with Crippen LogP contribution < -0.4 is 10.2 Å². The Hall–Kier alpha value is -2.06. The molecule has 1 atom stereocenters. The van der Waals surface area contributed by atoms with Gasteiger partial charge in [-0.25, -0.2) is 4.79 Å². The number of urea groups is 1. The number of rotatable bonds is 6. The lowest BCUT2D eigenvalue weighted by molar-refractivity contribution is -0.384. The SMILES string of the molecule is CC(C)[C@@H](CNC(=O)N1CCN(c2ccc(Cl)cc2[N+](=O)[O-])CC1)N(C)C. The molecule has 0 aromatic heterocycles. The maximum Gasteiger partial charge on any atom is 0.317 e. The summed E-state index contributed by atoms with van der Waals surface area (Å²) in [6.45, 7) is 6.96. The number of hydrogen-bond acceptors (Lipinski definition) is 5. The molecule has 0 aliphatic carbocycles. The van der Waals surface area contributed by atoms with Crippen LogP contribution in [-0.2, 0) is 0 Å². The summed E-state index contributed by atoms with van der Waals surface area (Å²) in [6.07, 6.45) is 0. The van der Waals surface area contributed by atoms with E-state index in [1.807, 2.05) is 19.0 Å². The number of anilines is 1. The molecule has 0 radical (unpaired) electrons. The molecule has 2 rings (SSSR count). The predicted molar refractivity (Wildman–Crippen MR) is 108 cm³/mol. The van der Waals surface area contributed by atoms with Gasteiger partial charge in [0.25, 0.3) is 5.69 Å². The van der Waals surface area contributed by atoms with Gasteiger partial charge in [0.1, 0.15) is 5.69 Å². The Morgan fingerprint density at radius 3 is 2.44 bits per heavy atom. The van der Waals surface area contributed by atoms with Gasteiger partial charge in [0.05, 0.1) is 4.92 Å². The number of carbonyl (C=O) groups excluding carboxylic acids is 1. The highest BCUT2D eigenvalue weighted by atomic mass is 35.5. The van der Waals surface area contributed by atoms with Crippen LogP contribution >= 0.6 is 11.6 Å². The molecule has 1 N–H and O–H groups in total. The summed E-state index contributed by atoms with van der Waals surface area (Å²) in [4.78, 5) is 29.1. The fourth-order valence-corrected chi connectivity index (χ4v) is 3.55. The van der Waals surface area contributed by atoms with Crippen molar-refractivity contribution in [3.8, 4) is 0 Å². The molecule has 1 aromatic rings. The molecule has 1 aliphatic heterocycles. The van der Waals surface area contributed by atoms with Crippen molar-refractivity contribution in [3.63, 3.8) is 0 Å². The van der Waals surface area contributed by atoms with E-state index >= 15 is 0 Å². The molecule has 1 saturated heterocycles. The van der Waals surface area contributed by atoms with Crippen LogP contribution in [0, 0.1) is 16.0 Å². The van der Waals surface area contributed by atoms with E-state index in [4.69, 9.17) is 11.6 Å². The van der Waals surface area contributed by atoms with Gasteiger partial charge in [-0.15, -0.1) is 0 Å². The van der Waals surface area contributed by atoms with Crippen LogP contribution in [0.1, 0.15) is 13.8 Å². The van der Waals surface area contributed by atoms with Gasteiger partial charge in [-0.3, -0.25) is 10.1 Å². The molecule has 1 heterocycles. The van der Waals surface area contributed by atoms with Crippen molar-refractivity contribution in [2.45, 2.75) is 19.9 Å². The number of benzene rings is 1.